The standard InChI is InChI=1S/C17H20ClN3O2/c1-17(2)10-21(7-6-15(17)19)16(22)13-9-14(23-20-13)11-4-3-5-12(18)8-11/h3-5,8-9,15H,6-7,10,19H2,1-2H3. The van der Waals surface area contributed by atoms with Crippen LogP contribution in [-0.2, 0) is 0 Å². The minimum atomic E-state index is -0.123. The fraction of sp³-hybridized carbons (Fsp3) is 0.412. The van der Waals surface area contributed by atoms with Crippen LogP contribution in [0.3, 0.4) is 0 Å². The van der Waals surface area contributed by atoms with Crippen LogP contribution >= 0.6 is 11.6 Å². The number of likely N-dealkylation sites (tertiary alicyclic amines) is 1. The highest BCUT2D eigenvalue weighted by molar-refractivity contribution is 6.30. The second-order valence-corrected chi connectivity index (χ2v) is 7.13. The Kier molecular flexibility index (Phi) is 4.17. The molecule has 3 rings (SSSR count). The fourth-order valence-corrected chi connectivity index (χ4v) is 3.05. The SMILES string of the molecule is CC1(C)CN(C(=O)c2cc(-c3cccc(Cl)c3)on2)CCC1N. The summed E-state index contributed by atoms with van der Waals surface area (Å²) >= 11 is 5.98. The summed E-state index contributed by atoms with van der Waals surface area (Å²) in [6.45, 7) is 5.42. The number of carbonyl (C=O) groups excluding carboxylic acids is 1. The lowest BCUT2D eigenvalue weighted by Gasteiger charge is -2.42. The average molecular weight is 334 g/mol. The summed E-state index contributed by atoms with van der Waals surface area (Å²) < 4.78 is 5.31. The molecule has 2 N–H and O–H groups in total. The number of aromatic nitrogens is 1. The monoisotopic (exact) mass is 333 g/mol. The highest BCUT2D eigenvalue weighted by Gasteiger charge is 2.36. The van der Waals surface area contributed by atoms with E-state index in [9.17, 15) is 4.79 Å². The average Bonchev–Trinajstić information content (AvgIpc) is 2.99. The van der Waals surface area contributed by atoms with Crippen molar-refractivity contribution in [1.82, 2.24) is 10.1 Å². The van der Waals surface area contributed by atoms with Gasteiger partial charge in [-0.2, -0.15) is 0 Å². The maximum Gasteiger partial charge on any atom is 0.276 e. The summed E-state index contributed by atoms with van der Waals surface area (Å²) in [6.07, 6.45) is 0.789. The molecule has 1 aliphatic rings. The Morgan fingerprint density at radius 3 is 2.91 bits per heavy atom. The number of rotatable bonds is 2. The van der Waals surface area contributed by atoms with E-state index in [0.717, 1.165) is 12.0 Å². The molecule has 2 heterocycles. The smallest absolute Gasteiger partial charge is 0.276 e. The predicted octanol–water partition coefficient (Wildman–Crippen LogP) is 3.19. The fourth-order valence-electron chi connectivity index (χ4n) is 2.86. The lowest BCUT2D eigenvalue weighted by Crippen LogP contribution is -2.54. The third-order valence-electron chi connectivity index (χ3n) is 4.44. The largest absolute Gasteiger partial charge is 0.355 e. The summed E-state index contributed by atoms with van der Waals surface area (Å²) in [6, 6.07) is 9.02. The van der Waals surface area contributed by atoms with E-state index in [2.05, 4.69) is 19.0 Å². The van der Waals surface area contributed by atoms with Crippen LogP contribution in [0.1, 0.15) is 30.8 Å². The first kappa shape index (κ1) is 16.0. The van der Waals surface area contributed by atoms with Gasteiger partial charge in [0.05, 0.1) is 0 Å². The first-order valence-corrected chi connectivity index (χ1v) is 8.02. The molecule has 122 valence electrons. The molecule has 1 unspecified atom stereocenters. The van der Waals surface area contributed by atoms with Crippen molar-refractivity contribution in [2.75, 3.05) is 13.1 Å². The van der Waals surface area contributed by atoms with E-state index in [0.29, 0.717) is 29.6 Å². The maximum atomic E-state index is 12.6. The van der Waals surface area contributed by atoms with Gasteiger partial charge in [0.1, 0.15) is 0 Å². The van der Waals surface area contributed by atoms with Crippen LogP contribution in [0, 0.1) is 5.41 Å². The number of hydrogen-bond donors (Lipinski definition) is 1. The quantitative estimate of drug-likeness (QED) is 0.916. The lowest BCUT2D eigenvalue weighted by molar-refractivity contribution is 0.0523. The highest BCUT2D eigenvalue weighted by atomic mass is 35.5. The summed E-state index contributed by atoms with van der Waals surface area (Å²) in [5.41, 5.74) is 7.13. The van der Waals surface area contributed by atoms with Crippen molar-refractivity contribution in [1.29, 1.82) is 0 Å². The zero-order valence-electron chi connectivity index (χ0n) is 13.3. The zero-order chi connectivity index (χ0) is 16.6. The maximum absolute atomic E-state index is 12.6. The van der Waals surface area contributed by atoms with Gasteiger partial charge >= 0.3 is 0 Å². The minimum absolute atomic E-state index is 0.103. The Labute approximate surface area is 140 Å². The summed E-state index contributed by atoms with van der Waals surface area (Å²) in [7, 11) is 0. The van der Waals surface area contributed by atoms with Gasteiger partial charge in [0.2, 0.25) is 0 Å². The summed E-state index contributed by atoms with van der Waals surface area (Å²) in [5, 5.41) is 4.53. The first-order chi connectivity index (χ1) is 10.9. The Morgan fingerprint density at radius 2 is 2.22 bits per heavy atom. The van der Waals surface area contributed by atoms with Crippen molar-refractivity contribution < 1.29 is 9.32 Å². The molecule has 1 aromatic carbocycles. The summed E-state index contributed by atoms with van der Waals surface area (Å²) in [4.78, 5) is 14.4. The number of piperidine rings is 1. The molecular weight excluding hydrogens is 314 g/mol. The molecule has 2 aromatic rings. The van der Waals surface area contributed by atoms with Crippen molar-refractivity contribution in [3.8, 4) is 11.3 Å². The molecule has 1 amide bonds. The van der Waals surface area contributed by atoms with Gasteiger partial charge in [-0.3, -0.25) is 4.79 Å². The van der Waals surface area contributed by atoms with Crippen LogP contribution < -0.4 is 5.73 Å². The summed E-state index contributed by atoms with van der Waals surface area (Å²) in [5.74, 6) is 0.408. The Balaban J connectivity index is 1.79. The van der Waals surface area contributed by atoms with E-state index in [1.807, 2.05) is 12.1 Å². The zero-order valence-corrected chi connectivity index (χ0v) is 14.0. The molecule has 1 atom stereocenters. The molecule has 0 spiro atoms. The molecule has 5 nitrogen and oxygen atoms in total. The van der Waals surface area contributed by atoms with E-state index in [4.69, 9.17) is 21.9 Å². The van der Waals surface area contributed by atoms with Crippen LogP contribution in [-0.4, -0.2) is 35.1 Å². The van der Waals surface area contributed by atoms with Gasteiger partial charge in [-0.05, 0) is 24.0 Å². The van der Waals surface area contributed by atoms with E-state index < -0.39 is 0 Å². The van der Waals surface area contributed by atoms with Gasteiger partial charge in [0.25, 0.3) is 5.91 Å². The predicted molar refractivity (Wildman–Crippen MR) is 89.2 cm³/mol. The number of nitrogens with two attached hydrogens (primary N) is 1. The van der Waals surface area contributed by atoms with Crippen molar-refractivity contribution in [3.05, 3.63) is 41.0 Å². The van der Waals surface area contributed by atoms with Gasteiger partial charge in [0.15, 0.2) is 11.5 Å². The number of amides is 1. The van der Waals surface area contributed by atoms with Crippen molar-refractivity contribution in [2.45, 2.75) is 26.3 Å². The van der Waals surface area contributed by atoms with Crippen LogP contribution in [0.5, 0.6) is 0 Å². The molecular formula is C17H20ClN3O2. The lowest BCUT2D eigenvalue weighted by atomic mass is 9.79. The molecule has 1 fully saturated rings. The van der Waals surface area contributed by atoms with E-state index in [1.165, 1.54) is 0 Å². The number of halogens is 1. The van der Waals surface area contributed by atoms with Crippen molar-refractivity contribution >= 4 is 17.5 Å². The third-order valence-corrected chi connectivity index (χ3v) is 4.67. The van der Waals surface area contributed by atoms with Crippen LogP contribution in [0.15, 0.2) is 34.9 Å². The number of benzene rings is 1. The van der Waals surface area contributed by atoms with Crippen LogP contribution in [0.2, 0.25) is 5.02 Å². The van der Waals surface area contributed by atoms with Crippen molar-refractivity contribution in [3.63, 3.8) is 0 Å². The van der Waals surface area contributed by atoms with Gasteiger partial charge in [-0.1, -0.05) is 42.7 Å². The second-order valence-electron chi connectivity index (χ2n) is 6.70. The van der Waals surface area contributed by atoms with Crippen LogP contribution in [0.25, 0.3) is 11.3 Å². The van der Waals surface area contributed by atoms with E-state index in [1.54, 1.807) is 23.1 Å². The number of nitrogens with zero attached hydrogens (tertiary/aromatic N) is 2. The number of hydrogen-bond acceptors (Lipinski definition) is 4. The molecule has 6 heteroatoms. The minimum Gasteiger partial charge on any atom is -0.355 e. The van der Waals surface area contributed by atoms with Crippen molar-refractivity contribution in [2.24, 2.45) is 11.1 Å². The molecule has 0 aliphatic carbocycles. The molecule has 23 heavy (non-hydrogen) atoms. The Bertz CT molecular complexity index is 726. The molecule has 1 aliphatic heterocycles. The van der Waals surface area contributed by atoms with Gasteiger partial charge < -0.3 is 15.2 Å². The van der Waals surface area contributed by atoms with E-state index in [-0.39, 0.29) is 17.4 Å². The third kappa shape index (κ3) is 3.26. The first-order valence-electron chi connectivity index (χ1n) is 7.64. The van der Waals surface area contributed by atoms with Crippen LogP contribution in [0.4, 0.5) is 0 Å². The Morgan fingerprint density at radius 1 is 1.43 bits per heavy atom. The van der Waals surface area contributed by atoms with Gasteiger partial charge in [0, 0.05) is 35.8 Å². The normalized spacial score (nSPS) is 20.5. The topological polar surface area (TPSA) is 72.4 Å². The molecule has 0 saturated carbocycles. The molecule has 1 saturated heterocycles. The Hall–Kier alpha value is -1.85. The number of carbonyl (C=O) groups is 1. The highest BCUT2D eigenvalue weighted by Crippen LogP contribution is 2.29. The molecule has 1 aromatic heterocycles. The molecule has 0 radical (unpaired) electrons. The van der Waals surface area contributed by atoms with E-state index >= 15 is 0 Å². The van der Waals surface area contributed by atoms with Gasteiger partial charge in [-0.25, -0.2) is 0 Å². The molecule has 0 bridgehead atoms. The van der Waals surface area contributed by atoms with Gasteiger partial charge in [-0.15, -0.1) is 0 Å². The second kappa shape index (κ2) is 5.98.